The van der Waals surface area contributed by atoms with E-state index < -0.39 is 0 Å². The van der Waals surface area contributed by atoms with Gasteiger partial charge >= 0.3 is 5.69 Å². The molecule has 0 saturated heterocycles. The smallest absolute Gasteiger partial charge is 0.346 e. The third kappa shape index (κ3) is 3.59. The number of rotatable bonds is 7. The Balaban J connectivity index is 1.26. The van der Waals surface area contributed by atoms with Crippen molar-refractivity contribution in [1.29, 1.82) is 0 Å². The molecule has 0 bridgehead atoms. The van der Waals surface area contributed by atoms with E-state index in [0.717, 1.165) is 23.3 Å². The third-order valence-electron chi connectivity index (χ3n) is 5.03. The van der Waals surface area contributed by atoms with Gasteiger partial charge in [0, 0.05) is 18.2 Å². The summed E-state index contributed by atoms with van der Waals surface area (Å²) in [5.41, 5.74) is 1.90. The van der Waals surface area contributed by atoms with Gasteiger partial charge in [0.05, 0.1) is 17.1 Å². The Kier molecular flexibility index (Phi) is 4.80. The Labute approximate surface area is 176 Å². The maximum Gasteiger partial charge on any atom is 0.346 e. The Hall–Kier alpha value is -3.46. The molecule has 2 N–H and O–H groups in total. The molecule has 30 heavy (non-hydrogen) atoms. The van der Waals surface area contributed by atoms with Gasteiger partial charge in [-0.3, -0.25) is 14.5 Å². The SMILES string of the molecule is O=C(NCCn1nc(-c2cccs2)n(C2CC2)c1=O)c1cc(-c2ccccc2)n[nH]1. The highest BCUT2D eigenvalue weighted by atomic mass is 32.1. The highest BCUT2D eigenvalue weighted by molar-refractivity contribution is 7.13. The molecule has 1 aliphatic carbocycles. The first-order valence-electron chi connectivity index (χ1n) is 9.83. The summed E-state index contributed by atoms with van der Waals surface area (Å²) in [6.07, 6.45) is 2.01. The Morgan fingerprint density at radius 2 is 2.03 bits per heavy atom. The van der Waals surface area contributed by atoms with Crippen molar-refractivity contribution in [2.45, 2.75) is 25.4 Å². The topological polar surface area (TPSA) is 97.6 Å². The standard InChI is InChI=1S/C21H20N6O2S/c28-20(17-13-16(23-24-17)14-5-2-1-3-6-14)22-10-11-26-21(29)27(15-8-9-15)19(25-26)18-7-4-12-30-18/h1-7,12-13,15H,8-11H2,(H,22,28)(H,23,24). The first-order chi connectivity index (χ1) is 14.7. The number of aromatic nitrogens is 5. The molecule has 9 heteroatoms. The van der Waals surface area contributed by atoms with Crippen LogP contribution in [0.2, 0.25) is 0 Å². The molecule has 0 spiro atoms. The second kappa shape index (κ2) is 7.75. The van der Waals surface area contributed by atoms with Crippen LogP contribution in [0.5, 0.6) is 0 Å². The molecule has 5 rings (SSSR count). The molecular weight excluding hydrogens is 400 g/mol. The number of H-pyrrole nitrogens is 1. The fourth-order valence-electron chi connectivity index (χ4n) is 3.37. The van der Waals surface area contributed by atoms with Crippen molar-refractivity contribution in [2.24, 2.45) is 0 Å². The van der Waals surface area contributed by atoms with Crippen molar-refractivity contribution in [1.82, 2.24) is 29.9 Å². The second-order valence-electron chi connectivity index (χ2n) is 7.20. The summed E-state index contributed by atoms with van der Waals surface area (Å²) in [4.78, 5) is 26.2. The minimum absolute atomic E-state index is 0.122. The Bertz CT molecular complexity index is 1220. The van der Waals surface area contributed by atoms with E-state index in [1.165, 1.54) is 4.68 Å². The highest BCUT2D eigenvalue weighted by Gasteiger charge is 2.30. The summed E-state index contributed by atoms with van der Waals surface area (Å²) in [5.74, 6) is 0.447. The van der Waals surface area contributed by atoms with Crippen molar-refractivity contribution in [2.75, 3.05) is 6.54 Å². The summed E-state index contributed by atoms with van der Waals surface area (Å²) in [6, 6.07) is 15.5. The van der Waals surface area contributed by atoms with E-state index in [1.54, 1.807) is 22.0 Å². The van der Waals surface area contributed by atoms with Crippen molar-refractivity contribution in [3.05, 3.63) is 70.1 Å². The number of carbonyl (C=O) groups excluding carboxylic acids is 1. The second-order valence-corrected chi connectivity index (χ2v) is 8.14. The van der Waals surface area contributed by atoms with Crippen LogP contribution in [0, 0.1) is 0 Å². The van der Waals surface area contributed by atoms with Gasteiger partial charge in [0.25, 0.3) is 5.91 Å². The molecule has 1 aliphatic rings. The fraction of sp³-hybridized carbons (Fsp3) is 0.238. The average molecular weight is 420 g/mol. The van der Waals surface area contributed by atoms with Crippen LogP contribution in [0.3, 0.4) is 0 Å². The number of thiophene rings is 1. The number of aromatic amines is 1. The zero-order valence-corrected chi connectivity index (χ0v) is 16.9. The van der Waals surface area contributed by atoms with E-state index in [4.69, 9.17) is 0 Å². The van der Waals surface area contributed by atoms with Crippen LogP contribution in [0.1, 0.15) is 29.4 Å². The van der Waals surface area contributed by atoms with E-state index in [1.807, 2.05) is 47.8 Å². The monoisotopic (exact) mass is 420 g/mol. The molecule has 0 radical (unpaired) electrons. The van der Waals surface area contributed by atoms with Crippen LogP contribution in [-0.2, 0) is 6.54 Å². The van der Waals surface area contributed by atoms with E-state index in [2.05, 4.69) is 20.6 Å². The quantitative estimate of drug-likeness (QED) is 0.480. The zero-order valence-electron chi connectivity index (χ0n) is 16.1. The van der Waals surface area contributed by atoms with Crippen molar-refractivity contribution in [3.8, 4) is 22.0 Å². The van der Waals surface area contributed by atoms with Gasteiger partial charge in [-0.2, -0.15) is 5.10 Å². The van der Waals surface area contributed by atoms with E-state index in [0.29, 0.717) is 30.3 Å². The molecule has 152 valence electrons. The minimum Gasteiger partial charge on any atom is -0.349 e. The van der Waals surface area contributed by atoms with Crippen molar-refractivity contribution in [3.63, 3.8) is 0 Å². The molecule has 4 aromatic rings. The predicted molar refractivity (Wildman–Crippen MR) is 114 cm³/mol. The number of hydrogen-bond acceptors (Lipinski definition) is 5. The van der Waals surface area contributed by atoms with Crippen LogP contribution < -0.4 is 11.0 Å². The van der Waals surface area contributed by atoms with Crippen LogP contribution >= 0.6 is 11.3 Å². The Morgan fingerprint density at radius 3 is 2.77 bits per heavy atom. The van der Waals surface area contributed by atoms with Gasteiger partial charge in [0.2, 0.25) is 0 Å². The molecule has 0 atom stereocenters. The normalized spacial score (nSPS) is 13.5. The maximum absolute atomic E-state index is 12.8. The lowest BCUT2D eigenvalue weighted by atomic mass is 10.1. The fourth-order valence-corrected chi connectivity index (χ4v) is 4.07. The molecule has 1 fully saturated rings. The molecule has 1 amide bonds. The van der Waals surface area contributed by atoms with Gasteiger partial charge in [0.1, 0.15) is 5.69 Å². The zero-order chi connectivity index (χ0) is 20.5. The van der Waals surface area contributed by atoms with Gasteiger partial charge in [-0.25, -0.2) is 9.48 Å². The summed E-state index contributed by atoms with van der Waals surface area (Å²) in [7, 11) is 0. The third-order valence-corrected chi connectivity index (χ3v) is 5.89. The summed E-state index contributed by atoms with van der Waals surface area (Å²) in [6.45, 7) is 0.604. The number of benzene rings is 1. The van der Waals surface area contributed by atoms with Gasteiger partial charge in [-0.15, -0.1) is 16.4 Å². The number of amides is 1. The molecule has 3 aromatic heterocycles. The first kappa shape index (κ1) is 18.6. The van der Waals surface area contributed by atoms with Crippen molar-refractivity contribution < 1.29 is 4.79 Å². The lowest BCUT2D eigenvalue weighted by Crippen LogP contribution is -2.32. The molecular formula is C21H20N6O2S. The van der Waals surface area contributed by atoms with E-state index in [-0.39, 0.29) is 17.6 Å². The molecule has 0 unspecified atom stereocenters. The van der Waals surface area contributed by atoms with Crippen LogP contribution in [0.15, 0.2) is 58.7 Å². The van der Waals surface area contributed by atoms with Crippen LogP contribution in [0.25, 0.3) is 22.0 Å². The minimum atomic E-state index is -0.266. The largest absolute Gasteiger partial charge is 0.349 e. The van der Waals surface area contributed by atoms with E-state index >= 15 is 0 Å². The first-order valence-corrected chi connectivity index (χ1v) is 10.7. The molecule has 8 nitrogen and oxygen atoms in total. The average Bonchev–Trinajstić information content (AvgIpc) is 3.18. The predicted octanol–water partition coefficient (Wildman–Crippen LogP) is 2.93. The number of nitrogens with one attached hydrogen (secondary N) is 2. The molecule has 1 saturated carbocycles. The van der Waals surface area contributed by atoms with Gasteiger partial charge < -0.3 is 5.32 Å². The maximum atomic E-state index is 12.8. The lowest BCUT2D eigenvalue weighted by Gasteiger charge is -2.02. The number of hydrogen-bond donors (Lipinski definition) is 2. The Morgan fingerprint density at radius 1 is 1.20 bits per heavy atom. The van der Waals surface area contributed by atoms with Crippen LogP contribution in [0.4, 0.5) is 0 Å². The summed E-state index contributed by atoms with van der Waals surface area (Å²) >= 11 is 1.57. The lowest BCUT2D eigenvalue weighted by molar-refractivity contribution is 0.0946. The number of carbonyl (C=O) groups is 1. The van der Waals surface area contributed by atoms with E-state index in [9.17, 15) is 9.59 Å². The summed E-state index contributed by atoms with van der Waals surface area (Å²) in [5, 5.41) is 16.3. The van der Waals surface area contributed by atoms with Crippen molar-refractivity contribution >= 4 is 17.2 Å². The highest BCUT2D eigenvalue weighted by Crippen LogP contribution is 2.37. The van der Waals surface area contributed by atoms with Gasteiger partial charge in [-0.1, -0.05) is 36.4 Å². The number of nitrogens with zero attached hydrogens (tertiary/aromatic N) is 4. The summed E-state index contributed by atoms with van der Waals surface area (Å²) < 4.78 is 3.23. The molecule has 0 aliphatic heterocycles. The van der Waals surface area contributed by atoms with Crippen LogP contribution in [-0.4, -0.2) is 37.0 Å². The molecule has 1 aromatic carbocycles. The van der Waals surface area contributed by atoms with Gasteiger partial charge in [-0.05, 0) is 30.4 Å². The molecule has 3 heterocycles. The van der Waals surface area contributed by atoms with Gasteiger partial charge in [0.15, 0.2) is 5.82 Å².